The first-order valence-corrected chi connectivity index (χ1v) is 45.9. The summed E-state index contributed by atoms with van der Waals surface area (Å²) in [6.45, 7) is 24.4. The molecule has 0 saturated carbocycles. The van der Waals surface area contributed by atoms with Crippen molar-refractivity contribution in [2.45, 2.75) is 271 Å². The number of aryl methyl sites for hydroxylation is 3. The third-order valence-corrected chi connectivity index (χ3v) is 22.0. The summed E-state index contributed by atoms with van der Waals surface area (Å²) in [7, 11) is 0. The number of carbonyl (C=O) groups is 3. The Morgan fingerprint density at radius 3 is 0.683 bits per heavy atom. The minimum absolute atomic E-state index is 0.274. The summed E-state index contributed by atoms with van der Waals surface area (Å²) in [6.07, 6.45) is 51.0. The summed E-state index contributed by atoms with van der Waals surface area (Å²) >= 11 is 0. The summed E-state index contributed by atoms with van der Waals surface area (Å²) in [6, 6.07) is 44.4. The second-order valence-electron chi connectivity index (χ2n) is 31.9. The fourth-order valence-electron chi connectivity index (χ4n) is 14.2. The molecule has 0 atom stereocenters. The molecule has 18 nitrogen and oxygen atoms in total. The zero-order valence-corrected chi connectivity index (χ0v) is 73.9. The topological polar surface area (TPSA) is 212 Å². The van der Waals surface area contributed by atoms with Crippen LogP contribution in [0.25, 0.3) is 50.1 Å². The number of benzene rings is 6. The van der Waals surface area contributed by atoms with Crippen LogP contribution in [0.5, 0.6) is 34.5 Å². The van der Waals surface area contributed by atoms with Gasteiger partial charge in [-0.05, 0) is 164 Å². The number of nitrogens with zero attached hydrogens (tertiary/aromatic N) is 6. The first kappa shape index (κ1) is 96.3. The average Bonchev–Trinajstić information content (AvgIpc) is 0.854. The van der Waals surface area contributed by atoms with Crippen LogP contribution in [0, 0.1) is 0 Å². The van der Waals surface area contributed by atoms with Gasteiger partial charge in [0.1, 0.15) is 52.0 Å². The lowest BCUT2D eigenvalue weighted by molar-refractivity contribution is -0.382. The largest absolute Gasteiger partial charge is 0.494 e. The Bertz CT molecular complexity index is 4050. The van der Waals surface area contributed by atoms with Gasteiger partial charge in [-0.3, -0.25) is 0 Å². The van der Waals surface area contributed by atoms with E-state index in [1.54, 1.807) is 36.4 Å². The lowest BCUT2D eigenvalue weighted by Gasteiger charge is -2.32. The van der Waals surface area contributed by atoms with E-state index >= 15 is 0 Å². The van der Waals surface area contributed by atoms with Crippen molar-refractivity contribution in [2.24, 2.45) is 0 Å². The molecule has 0 saturated heterocycles. The Morgan fingerprint density at radius 2 is 0.463 bits per heavy atom. The minimum atomic E-state index is -1.04. The Hall–Kier alpha value is -10.5. The molecule has 0 aliphatic carbocycles. The molecule has 3 heterocycles. The number of esters is 3. The van der Waals surface area contributed by atoms with E-state index in [2.05, 4.69) is 77.3 Å². The van der Waals surface area contributed by atoms with Crippen molar-refractivity contribution in [3.63, 3.8) is 0 Å². The summed E-state index contributed by atoms with van der Waals surface area (Å²) in [5.74, 6) is 3.60. The normalized spacial score (nSPS) is 11.3. The van der Waals surface area contributed by atoms with Gasteiger partial charge < -0.3 is 42.6 Å². The van der Waals surface area contributed by atoms with Crippen LogP contribution >= 0.6 is 0 Å². The van der Waals surface area contributed by atoms with Crippen LogP contribution in [-0.4, -0.2) is 93.4 Å². The maximum Gasteiger partial charge on any atom is 0.343 e. The predicted molar refractivity (Wildman–Crippen MR) is 494 cm³/mol. The quantitative estimate of drug-likeness (QED) is 0.0114. The molecule has 0 radical (unpaired) electrons. The summed E-state index contributed by atoms with van der Waals surface area (Å²) in [5, 5.41) is 0. The molecule has 9 aromatic rings. The SMILES string of the molecule is C=C(C(=O)Oc1ccc(-c2cnc(CCCCC)nc2)cc1)c1ccc(OCCCCCCCCCCOC(CC)(OCCCCCCCCCCOc2ccc(C(=C)C(=O)Oc3ccc(-c4cnc(CCCCC)nc4)cc3)cc2)OCCCCCCCCCCOc2ccc(C(=C)C(=O)Oc3ccc(-c4cnc(CCCCC)nc4)cc3)cc2)cc1. The van der Waals surface area contributed by atoms with E-state index in [0.29, 0.717) is 80.0 Å². The van der Waals surface area contributed by atoms with E-state index in [0.717, 1.165) is 241 Å². The number of unbranched alkanes of at least 4 members (excludes halogenated alkanes) is 27. The van der Waals surface area contributed by atoms with Crippen LogP contribution in [0.3, 0.4) is 0 Å². The van der Waals surface area contributed by atoms with Crippen molar-refractivity contribution in [1.29, 1.82) is 0 Å². The molecule has 0 aliphatic rings. The van der Waals surface area contributed by atoms with E-state index in [9.17, 15) is 14.4 Å². The monoisotopic (exact) mass is 1670 g/mol. The molecule has 9 rings (SSSR count). The Morgan fingerprint density at radius 1 is 0.252 bits per heavy atom. The fraction of sp³-hybridized carbons (Fsp3) is 0.457. The molecule has 18 heteroatoms. The number of hydrogen-bond acceptors (Lipinski definition) is 18. The lowest BCUT2D eigenvalue weighted by atomic mass is 10.1. The van der Waals surface area contributed by atoms with Gasteiger partial charge in [-0.25, -0.2) is 44.3 Å². The second kappa shape index (κ2) is 56.3. The number of rotatable bonds is 64. The summed E-state index contributed by atoms with van der Waals surface area (Å²) in [4.78, 5) is 66.4. The van der Waals surface area contributed by atoms with Gasteiger partial charge in [-0.2, -0.15) is 0 Å². The Kier molecular flexibility index (Phi) is 44.1. The maximum absolute atomic E-state index is 13.1. The van der Waals surface area contributed by atoms with E-state index in [4.69, 9.17) is 42.6 Å². The predicted octanol–water partition coefficient (Wildman–Crippen LogP) is 26.1. The van der Waals surface area contributed by atoms with Crippen LogP contribution < -0.4 is 28.4 Å². The summed E-state index contributed by atoms with van der Waals surface area (Å²) < 4.78 is 55.0. The smallest absolute Gasteiger partial charge is 0.343 e. The molecule has 6 aromatic carbocycles. The number of hydrogen-bond donors (Lipinski definition) is 0. The van der Waals surface area contributed by atoms with Gasteiger partial charge >= 0.3 is 17.9 Å². The zero-order valence-electron chi connectivity index (χ0n) is 73.9. The third-order valence-electron chi connectivity index (χ3n) is 22.0. The fourth-order valence-corrected chi connectivity index (χ4v) is 14.2. The molecule has 123 heavy (non-hydrogen) atoms. The van der Waals surface area contributed by atoms with E-state index in [-0.39, 0.29) is 16.7 Å². The molecule has 0 unspecified atom stereocenters. The van der Waals surface area contributed by atoms with Gasteiger partial charge in [-0.15, -0.1) is 0 Å². The number of carbonyl (C=O) groups excluding carboxylic acids is 3. The van der Waals surface area contributed by atoms with Gasteiger partial charge in [0, 0.05) is 79.6 Å². The highest BCUT2D eigenvalue weighted by Crippen LogP contribution is 2.31. The highest BCUT2D eigenvalue weighted by Gasteiger charge is 2.31. The van der Waals surface area contributed by atoms with Crippen LogP contribution in [-0.2, 0) is 47.9 Å². The van der Waals surface area contributed by atoms with Crippen LogP contribution in [0.1, 0.15) is 280 Å². The van der Waals surface area contributed by atoms with Crippen molar-refractivity contribution < 1.29 is 57.0 Å². The second-order valence-corrected chi connectivity index (χ2v) is 31.9. The van der Waals surface area contributed by atoms with Crippen LogP contribution in [0.15, 0.2) is 203 Å². The van der Waals surface area contributed by atoms with E-state index in [1.165, 1.54) is 57.8 Å². The van der Waals surface area contributed by atoms with Gasteiger partial charge in [0.25, 0.3) is 5.97 Å². The van der Waals surface area contributed by atoms with Crippen LogP contribution in [0.2, 0.25) is 0 Å². The molecule has 0 fully saturated rings. The van der Waals surface area contributed by atoms with Gasteiger partial charge in [-0.1, -0.05) is 274 Å². The van der Waals surface area contributed by atoms with E-state index < -0.39 is 23.9 Å². The van der Waals surface area contributed by atoms with Crippen molar-refractivity contribution in [1.82, 2.24) is 29.9 Å². The van der Waals surface area contributed by atoms with Crippen molar-refractivity contribution in [3.8, 4) is 67.9 Å². The minimum Gasteiger partial charge on any atom is -0.494 e. The molecule has 0 amide bonds. The average molecular weight is 1670 g/mol. The number of ether oxygens (including phenoxy) is 9. The molecule has 3 aromatic heterocycles. The highest BCUT2D eigenvalue weighted by atomic mass is 16.9. The molecule has 0 N–H and O–H groups in total. The van der Waals surface area contributed by atoms with Gasteiger partial charge in [0.2, 0.25) is 0 Å². The first-order chi connectivity index (χ1) is 60.3. The highest BCUT2D eigenvalue weighted by molar-refractivity contribution is 6.17. The lowest BCUT2D eigenvalue weighted by Crippen LogP contribution is -2.39. The van der Waals surface area contributed by atoms with E-state index in [1.807, 2.05) is 146 Å². The van der Waals surface area contributed by atoms with Gasteiger partial charge in [0.05, 0.1) is 56.4 Å². The molecule has 656 valence electrons. The van der Waals surface area contributed by atoms with Gasteiger partial charge in [0.15, 0.2) is 0 Å². The standard InChI is InChI=1S/C105H134N6O12/c1-8-12-33-42-99-106-75-90(76-107-99)87-51-63-96(64-52-87)121-102(112)81(5)84-45-57-93(58-46-84)115-69-36-27-21-15-18-24-30-39-72-118-105(11-4,119-73-40-31-25-19-16-22-28-37-70-116-94-59-47-85(48-60-94)82(6)103(113)122-97-65-53-88(54-66-97)91-77-108-100(109-78-91)43-34-13-9-2)120-74-41-32-26-20-17-23-29-38-71-117-95-61-49-86(50-62-95)83(7)104(114)123-98-67-55-89(56-68-98)92-79-110-101(111-80-92)44-35-14-10-3/h45-68,75-80H,5-44,69-74H2,1-4H3. The molecule has 0 aliphatic heterocycles. The van der Waals surface area contributed by atoms with Crippen molar-refractivity contribution >= 4 is 34.6 Å². The molecular formula is C105H134N6O12. The summed E-state index contributed by atoms with van der Waals surface area (Å²) in [5.41, 5.74) is 8.44. The first-order valence-electron chi connectivity index (χ1n) is 45.9. The van der Waals surface area contributed by atoms with Crippen molar-refractivity contribution in [2.75, 3.05) is 39.6 Å². The van der Waals surface area contributed by atoms with Crippen molar-refractivity contribution in [3.05, 3.63) is 237 Å². The molecule has 0 spiro atoms. The number of aromatic nitrogens is 6. The zero-order chi connectivity index (χ0) is 86.6. The Labute approximate surface area is 732 Å². The Balaban J connectivity index is 0.611. The van der Waals surface area contributed by atoms with Crippen LogP contribution in [0.4, 0.5) is 0 Å². The molecule has 0 bridgehead atoms. The molecular weight excluding hydrogens is 1540 g/mol. The third kappa shape index (κ3) is 35.7. The maximum atomic E-state index is 13.1.